The molecule has 2 heterocycles. The van der Waals surface area contributed by atoms with Crippen molar-refractivity contribution in [2.45, 2.75) is 18.9 Å². The van der Waals surface area contributed by atoms with Crippen molar-refractivity contribution < 1.29 is 14.3 Å². The van der Waals surface area contributed by atoms with Crippen LogP contribution >= 0.6 is 11.6 Å². The standard InChI is InChI=1S/C17H17ClFN3O2/c18-16-9-15(14(10-20-16)17(23)24)21-12-5-7-22(8-6-12)13-3-1-11(19)2-4-13/h1-4,9-10,12H,5-8H2,(H,20,21)(H,23,24). The van der Waals surface area contributed by atoms with Crippen LogP contribution in [0.15, 0.2) is 36.5 Å². The lowest BCUT2D eigenvalue weighted by molar-refractivity contribution is 0.0697. The van der Waals surface area contributed by atoms with Crippen LogP contribution in [0.3, 0.4) is 0 Å². The van der Waals surface area contributed by atoms with Gasteiger partial charge in [-0.2, -0.15) is 0 Å². The number of hydrogen-bond donors (Lipinski definition) is 2. The molecule has 0 amide bonds. The highest BCUT2D eigenvalue weighted by Crippen LogP contribution is 2.25. The number of pyridine rings is 1. The molecule has 0 bridgehead atoms. The summed E-state index contributed by atoms with van der Waals surface area (Å²) in [6, 6.07) is 8.15. The van der Waals surface area contributed by atoms with Gasteiger partial charge >= 0.3 is 5.97 Å². The zero-order valence-corrected chi connectivity index (χ0v) is 13.6. The lowest BCUT2D eigenvalue weighted by Gasteiger charge is -2.34. The fourth-order valence-electron chi connectivity index (χ4n) is 2.87. The summed E-state index contributed by atoms with van der Waals surface area (Å²) < 4.78 is 13.0. The molecular weight excluding hydrogens is 333 g/mol. The van der Waals surface area contributed by atoms with E-state index in [1.54, 1.807) is 12.1 Å². The van der Waals surface area contributed by atoms with E-state index < -0.39 is 5.97 Å². The smallest absolute Gasteiger partial charge is 0.339 e. The number of halogens is 2. The summed E-state index contributed by atoms with van der Waals surface area (Å²) in [4.78, 5) is 17.3. The molecule has 126 valence electrons. The Morgan fingerprint density at radius 2 is 1.96 bits per heavy atom. The van der Waals surface area contributed by atoms with E-state index in [1.165, 1.54) is 24.4 Å². The summed E-state index contributed by atoms with van der Waals surface area (Å²) in [5.41, 5.74) is 1.59. The maximum atomic E-state index is 13.0. The summed E-state index contributed by atoms with van der Waals surface area (Å²) in [6.45, 7) is 1.62. The Morgan fingerprint density at radius 1 is 1.29 bits per heavy atom. The highest BCUT2D eigenvalue weighted by Gasteiger charge is 2.21. The van der Waals surface area contributed by atoms with Crippen molar-refractivity contribution in [2.75, 3.05) is 23.3 Å². The van der Waals surface area contributed by atoms with Gasteiger partial charge in [0.2, 0.25) is 0 Å². The minimum absolute atomic E-state index is 0.111. The number of nitrogens with zero attached hydrogens (tertiary/aromatic N) is 2. The van der Waals surface area contributed by atoms with Crippen molar-refractivity contribution in [3.8, 4) is 0 Å². The summed E-state index contributed by atoms with van der Waals surface area (Å²) in [7, 11) is 0. The summed E-state index contributed by atoms with van der Waals surface area (Å²) >= 11 is 5.87. The Morgan fingerprint density at radius 3 is 2.58 bits per heavy atom. The molecule has 5 nitrogen and oxygen atoms in total. The van der Waals surface area contributed by atoms with E-state index in [-0.39, 0.29) is 22.6 Å². The van der Waals surface area contributed by atoms with E-state index in [0.717, 1.165) is 31.6 Å². The second-order valence-electron chi connectivity index (χ2n) is 5.74. The topological polar surface area (TPSA) is 65.5 Å². The van der Waals surface area contributed by atoms with E-state index in [2.05, 4.69) is 15.2 Å². The van der Waals surface area contributed by atoms with E-state index in [1.807, 2.05) is 0 Å². The van der Waals surface area contributed by atoms with Crippen LogP contribution in [-0.4, -0.2) is 35.2 Å². The molecule has 1 aromatic heterocycles. The number of piperidine rings is 1. The molecule has 1 aromatic carbocycles. The molecule has 24 heavy (non-hydrogen) atoms. The van der Waals surface area contributed by atoms with E-state index in [4.69, 9.17) is 11.6 Å². The van der Waals surface area contributed by atoms with E-state index in [9.17, 15) is 14.3 Å². The maximum absolute atomic E-state index is 13.0. The number of carboxylic acid groups (broad SMARTS) is 1. The molecule has 0 aliphatic carbocycles. The minimum Gasteiger partial charge on any atom is -0.478 e. The van der Waals surface area contributed by atoms with Gasteiger partial charge in [0.25, 0.3) is 0 Å². The number of hydrogen-bond acceptors (Lipinski definition) is 4. The minimum atomic E-state index is -1.04. The van der Waals surface area contributed by atoms with Crippen LogP contribution in [-0.2, 0) is 0 Å². The number of benzene rings is 1. The van der Waals surface area contributed by atoms with Crippen molar-refractivity contribution in [3.05, 3.63) is 53.1 Å². The molecular formula is C17H17ClFN3O2. The van der Waals surface area contributed by atoms with Crippen molar-refractivity contribution in [1.82, 2.24) is 4.98 Å². The summed E-state index contributed by atoms with van der Waals surface area (Å²) in [5.74, 6) is -1.28. The van der Waals surface area contributed by atoms with Crippen LogP contribution in [0, 0.1) is 5.82 Å². The predicted molar refractivity (Wildman–Crippen MR) is 91.5 cm³/mol. The van der Waals surface area contributed by atoms with Crippen molar-refractivity contribution in [2.24, 2.45) is 0 Å². The monoisotopic (exact) mass is 349 g/mol. The predicted octanol–water partition coefficient (Wildman–Crippen LogP) is 3.65. The second-order valence-corrected chi connectivity index (χ2v) is 6.13. The molecule has 0 radical (unpaired) electrons. The third-order valence-electron chi connectivity index (χ3n) is 4.15. The lowest BCUT2D eigenvalue weighted by atomic mass is 10.0. The Bertz CT molecular complexity index is 731. The van der Waals surface area contributed by atoms with Crippen LogP contribution in [0.5, 0.6) is 0 Å². The van der Waals surface area contributed by atoms with Crippen molar-refractivity contribution >= 4 is 28.9 Å². The fraction of sp³-hybridized carbons (Fsp3) is 0.294. The first kappa shape index (κ1) is 16.5. The fourth-order valence-corrected chi connectivity index (χ4v) is 3.03. The number of rotatable bonds is 4. The Balaban J connectivity index is 1.64. The van der Waals surface area contributed by atoms with Crippen molar-refractivity contribution in [3.63, 3.8) is 0 Å². The number of nitrogens with one attached hydrogen (secondary N) is 1. The lowest BCUT2D eigenvalue weighted by Crippen LogP contribution is -2.39. The van der Waals surface area contributed by atoms with Gasteiger partial charge in [0.1, 0.15) is 16.5 Å². The van der Waals surface area contributed by atoms with Gasteiger partial charge in [-0.25, -0.2) is 14.2 Å². The third-order valence-corrected chi connectivity index (χ3v) is 4.35. The van der Waals surface area contributed by atoms with Gasteiger partial charge in [-0.3, -0.25) is 0 Å². The molecule has 0 unspecified atom stereocenters. The Hall–Kier alpha value is -2.34. The molecule has 1 aliphatic rings. The van der Waals surface area contributed by atoms with Gasteiger partial charge < -0.3 is 15.3 Å². The first-order chi connectivity index (χ1) is 11.5. The van der Waals surface area contributed by atoms with Crippen LogP contribution in [0.4, 0.5) is 15.8 Å². The number of carbonyl (C=O) groups is 1. The molecule has 3 rings (SSSR count). The first-order valence-electron chi connectivity index (χ1n) is 7.69. The van der Waals surface area contributed by atoms with Gasteiger partial charge in [-0.05, 0) is 43.2 Å². The molecule has 2 aromatic rings. The summed E-state index contributed by atoms with van der Waals surface area (Å²) in [6.07, 6.45) is 2.95. The first-order valence-corrected chi connectivity index (χ1v) is 8.06. The van der Waals surface area contributed by atoms with Gasteiger partial charge in [0, 0.05) is 31.0 Å². The molecule has 1 saturated heterocycles. The highest BCUT2D eigenvalue weighted by molar-refractivity contribution is 6.29. The zero-order valence-electron chi connectivity index (χ0n) is 12.9. The molecule has 0 spiro atoms. The number of aromatic carboxylic acids is 1. The zero-order chi connectivity index (χ0) is 17.1. The van der Waals surface area contributed by atoms with Crippen LogP contribution in [0.1, 0.15) is 23.2 Å². The van der Waals surface area contributed by atoms with Gasteiger partial charge in [0.05, 0.1) is 5.69 Å². The maximum Gasteiger partial charge on any atom is 0.339 e. The normalized spacial score (nSPS) is 15.3. The molecule has 0 saturated carbocycles. The second kappa shape index (κ2) is 7.05. The average molecular weight is 350 g/mol. The SMILES string of the molecule is O=C(O)c1cnc(Cl)cc1NC1CCN(c2ccc(F)cc2)CC1. The molecule has 1 fully saturated rings. The Labute approximate surface area is 144 Å². The quantitative estimate of drug-likeness (QED) is 0.825. The van der Waals surface area contributed by atoms with Gasteiger partial charge in [0.15, 0.2) is 0 Å². The molecule has 1 aliphatic heterocycles. The highest BCUT2D eigenvalue weighted by atomic mass is 35.5. The van der Waals surface area contributed by atoms with Crippen LogP contribution in [0.2, 0.25) is 5.15 Å². The van der Waals surface area contributed by atoms with E-state index in [0.29, 0.717) is 5.69 Å². The number of aromatic nitrogens is 1. The number of carboxylic acids is 1. The van der Waals surface area contributed by atoms with Crippen molar-refractivity contribution in [1.29, 1.82) is 0 Å². The number of anilines is 2. The van der Waals surface area contributed by atoms with E-state index >= 15 is 0 Å². The Kier molecular flexibility index (Phi) is 4.85. The molecule has 0 atom stereocenters. The summed E-state index contributed by atoms with van der Waals surface area (Å²) in [5, 5.41) is 12.8. The van der Waals surface area contributed by atoms with Gasteiger partial charge in [-0.15, -0.1) is 0 Å². The average Bonchev–Trinajstić information content (AvgIpc) is 2.56. The largest absolute Gasteiger partial charge is 0.478 e. The van der Waals surface area contributed by atoms with Crippen LogP contribution in [0.25, 0.3) is 0 Å². The molecule has 7 heteroatoms. The third kappa shape index (κ3) is 3.76. The molecule has 2 N–H and O–H groups in total. The van der Waals surface area contributed by atoms with Gasteiger partial charge in [-0.1, -0.05) is 11.6 Å². The van der Waals surface area contributed by atoms with Crippen LogP contribution < -0.4 is 10.2 Å².